The van der Waals surface area contributed by atoms with Crippen LogP contribution in [0.2, 0.25) is 0 Å². The number of aromatic nitrogens is 3. The molecular formula is C23H19F2N5O3. The van der Waals surface area contributed by atoms with Gasteiger partial charge in [-0.25, -0.2) is 0 Å². The van der Waals surface area contributed by atoms with Crippen molar-refractivity contribution in [3.05, 3.63) is 76.6 Å². The van der Waals surface area contributed by atoms with Crippen molar-refractivity contribution in [1.82, 2.24) is 14.1 Å². The van der Waals surface area contributed by atoms with Crippen LogP contribution in [-0.4, -0.2) is 33.7 Å². The zero-order valence-corrected chi connectivity index (χ0v) is 17.5. The molecule has 168 valence electrons. The predicted octanol–water partition coefficient (Wildman–Crippen LogP) is 3.79. The summed E-state index contributed by atoms with van der Waals surface area (Å²) >= 11 is 0. The van der Waals surface area contributed by atoms with Crippen molar-refractivity contribution in [2.45, 2.75) is 13.5 Å². The van der Waals surface area contributed by atoms with E-state index in [2.05, 4.69) is 9.72 Å². The van der Waals surface area contributed by atoms with Crippen LogP contribution in [0.1, 0.15) is 6.92 Å². The first-order valence-corrected chi connectivity index (χ1v) is 9.94. The van der Waals surface area contributed by atoms with Crippen LogP contribution in [-0.2, 0) is 0 Å². The molecule has 2 N–H and O–H groups in total. The largest absolute Gasteiger partial charge is 0.478 e. The van der Waals surface area contributed by atoms with Gasteiger partial charge >= 0.3 is 6.61 Å². The molecule has 0 atom stereocenters. The maximum absolute atomic E-state index is 13.6. The fourth-order valence-electron chi connectivity index (χ4n) is 3.40. The third-order valence-corrected chi connectivity index (χ3v) is 4.86. The molecule has 1 aromatic carbocycles. The molecular weight excluding hydrogens is 432 g/mol. The Morgan fingerprint density at radius 1 is 1.12 bits per heavy atom. The fourth-order valence-corrected chi connectivity index (χ4v) is 3.40. The molecule has 10 heteroatoms. The molecule has 0 spiro atoms. The first-order chi connectivity index (χ1) is 15.9. The van der Waals surface area contributed by atoms with E-state index in [1.807, 2.05) is 6.92 Å². The predicted molar refractivity (Wildman–Crippen MR) is 119 cm³/mol. The van der Waals surface area contributed by atoms with E-state index in [1.165, 1.54) is 45.7 Å². The van der Waals surface area contributed by atoms with Gasteiger partial charge < -0.3 is 9.47 Å². The van der Waals surface area contributed by atoms with Crippen LogP contribution in [0.3, 0.4) is 0 Å². The van der Waals surface area contributed by atoms with Gasteiger partial charge in [0, 0.05) is 28.8 Å². The molecule has 3 heterocycles. The summed E-state index contributed by atoms with van der Waals surface area (Å²) in [5.74, 6) is 0.298. The Hall–Kier alpha value is -4.34. The van der Waals surface area contributed by atoms with Crippen molar-refractivity contribution in [3.63, 3.8) is 0 Å². The molecule has 4 aromatic rings. The Kier molecular flexibility index (Phi) is 5.99. The van der Waals surface area contributed by atoms with Crippen molar-refractivity contribution < 1.29 is 18.3 Å². The molecule has 0 aliphatic heterocycles. The monoisotopic (exact) mass is 451 g/mol. The van der Waals surface area contributed by atoms with Gasteiger partial charge in [-0.15, -0.1) is 0 Å². The van der Waals surface area contributed by atoms with Crippen molar-refractivity contribution >= 4 is 17.4 Å². The molecule has 0 bridgehead atoms. The summed E-state index contributed by atoms with van der Waals surface area (Å²) in [6, 6.07) is 13.9. The second kappa shape index (κ2) is 9.03. The summed E-state index contributed by atoms with van der Waals surface area (Å²) in [6.45, 7) is -0.749. The van der Waals surface area contributed by atoms with Gasteiger partial charge in [0.15, 0.2) is 5.65 Å². The summed E-state index contributed by atoms with van der Waals surface area (Å²) in [7, 11) is 0. The molecule has 8 nitrogen and oxygen atoms in total. The molecule has 4 rings (SSSR count). The quantitative estimate of drug-likeness (QED) is 0.329. The molecule has 0 radical (unpaired) electrons. The van der Waals surface area contributed by atoms with E-state index in [1.54, 1.807) is 24.3 Å². The number of nitrogens with one attached hydrogen (secondary N) is 2. The average molecular weight is 451 g/mol. The lowest BCUT2D eigenvalue weighted by molar-refractivity contribution is -0.0498. The van der Waals surface area contributed by atoms with Crippen molar-refractivity contribution in [2.75, 3.05) is 6.61 Å². The molecule has 0 saturated heterocycles. The Labute approximate surface area is 186 Å². The molecule has 3 aromatic heterocycles. The van der Waals surface area contributed by atoms with E-state index in [-0.39, 0.29) is 11.2 Å². The minimum Gasteiger partial charge on any atom is -0.478 e. The number of hydrogen-bond acceptors (Lipinski definition) is 6. The van der Waals surface area contributed by atoms with Gasteiger partial charge in [-0.1, -0.05) is 0 Å². The number of alkyl halides is 2. The lowest BCUT2D eigenvalue weighted by Gasteiger charge is -2.14. The number of benzene rings is 1. The maximum atomic E-state index is 13.6. The number of rotatable bonds is 7. The summed E-state index contributed by atoms with van der Waals surface area (Å²) in [4.78, 5) is 18.1. The van der Waals surface area contributed by atoms with Gasteiger partial charge in [0.25, 0.3) is 5.56 Å². The normalized spacial score (nSPS) is 11.0. The number of ether oxygens (including phenoxy) is 2. The first-order valence-electron chi connectivity index (χ1n) is 9.94. The highest BCUT2D eigenvalue weighted by Gasteiger charge is 2.16. The highest BCUT2D eigenvalue weighted by Crippen LogP contribution is 2.25. The van der Waals surface area contributed by atoms with Crippen LogP contribution in [0.15, 0.2) is 65.6 Å². The Morgan fingerprint density at radius 3 is 2.55 bits per heavy atom. The Balaban J connectivity index is 1.98. The van der Waals surface area contributed by atoms with Gasteiger partial charge in [-0.3, -0.25) is 24.7 Å². The van der Waals surface area contributed by atoms with E-state index in [9.17, 15) is 13.6 Å². The maximum Gasteiger partial charge on any atom is 0.387 e. The molecule has 0 saturated carbocycles. The van der Waals surface area contributed by atoms with Crippen LogP contribution in [0.4, 0.5) is 8.78 Å². The summed E-state index contributed by atoms with van der Waals surface area (Å²) in [5.41, 5.74) is 1.22. The van der Waals surface area contributed by atoms with E-state index in [0.717, 1.165) is 6.34 Å². The highest BCUT2D eigenvalue weighted by atomic mass is 19.3. The molecule has 33 heavy (non-hydrogen) atoms. The zero-order valence-electron chi connectivity index (χ0n) is 17.5. The van der Waals surface area contributed by atoms with Gasteiger partial charge in [0.2, 0.25) is 5.88 Å². The zero-order chi connectivity index (χ0) is 23.5. The first kappa shape index (κ1) is 21.9. The second-order valence-electron chi connectivity index (χ2n) is 6.91. The SMILES string of the molecule is CCOc1ccc2cc(-c3ccc(=N)n(C=N)c3)c(=O)n(-c3ccc(OC(F)F)cc3)c2n1. The summed E-state index contributed by atoms with van der Waals surface area (Å²) in [5, 5.41) is 16.0. The van der Waals surface area contributed by atoms with Crippen LogP contribution in [0.5, 0.6) is 11.6 Å². The van der Waals surface area contributed by atoms with Crippen molar-refractivity contribution in [2.24, 2.45) is 0 Å². The van der Waals surface area contributed by atoms with Crippen molar-refractivity contribution in [1.29, 1.82) is 10.8 Å². The minimum absolute atomic E-state index is 0.0386. The van der Waals surface area contributed by atoms with Gasteiger partial charge in [0.05, 0.1) is 18.6 Å². The molecule has 0 unspecified atom stereocenters. The van der Waals surface area contributed by atoms with E-state index in [0.29, 0.717) is 40.3 Å². The number of hydrogen-bond donors (Lipinski definition) is 2. The van der Waals surface area contributed by atoms with Gasteiger partial charge in [0.1, 0.15) is 11.2 Å². The van der Waals surface area contributed by atoms with Gasteiger partial charge in [-0.2, -0.15) is 13.8 Å². The number of fused-ring (bicyclic) bond motifs is 1. The van der Waals surface area contributed by atoms with Crippen LogP contribution < -0.4 is 20.5 Å². The van der Waals surface area contributed by atoms with E-state index >= 15 is 0 Å². The second-order valence-corrected chi connectivity index (χ2v) is 6.91. The number of pyridine rings is 3. The molecule has 0 amide bonds. The molecule has 0 aliphatic carbocycles. The lowest BCUT2D eigenvalue weighted by atomic mass is 10.1. The minimum atomic E-state index is -2.96. The fraction of sp³-hybridized carbons (Fsp3) is 0.130. The third-order valence-electron chi connectivity index (χ3n) is 4.86. The van der Waals surface area contributed by atoms with Gasteiger partial charge in [-0.05, 0) is 55.5 Å². The third kappa shape index (κ3) is 4.36. The Bertz CT molecular complexity index is 1450. The summed E-state index contributed by atoms with van der Waals surface area (Å²) in [6.07, 6.45) is 2.49. The van der Waals surface area contributed by atoms with E-state index < -0.39 is 12.2 Å². The average Bonchev–Trinajstić information content (AvgIpc) is 2.80. The summed E-state index contributed by atoms with van der Waals surface area (Å²) < 4.78 is 37.6. The number of nitrogens with zero attached hydrogens (tertiary/aromatic N) is 3. The molecule has 0 aliphatic rings. The number of halogens is 2. The van der Waals surface area contributed by atoms with Crippen LogP contribution in [0.25, 0.3) is 27.8 Å². The topological polar surface area (TPSA) is 106 Å². The Morgan fingerprint density at radius 2 is 1.88 bits per heavy atom. The smallest absolute Gasteiger partial charge is 0.387 e. The van der Waals surface area contributed by atoms with Crippen molar-refractivity contribution in [3.8, 4) is 28.4 Å². The standard InChI is InChI=1S/C23H19F2N5O3/c1-2-32-20-10-4-14-11-18(15-3-9-19(27)29(12-15)13-26)22(31)30(21(14)28-20)16-5-7-17(8-6-16)33-23(24)25/h3-13,23,26-27H,2H2,1H3. The van der Waals surface area contributed by atoms with Crippen LogP contribution >= 0.6 is 0 Å². The highest BCUT2D eigenvalue weighted by molar-refractivity contribution is 5.83. The lowest BCUT2D eigenvalue weighted by Crippen LogP contribution is -2.23. The van der Waals surface area contributed by atoms with Crippen LogP contribution in [0, 0.1) is 10.8 Å². The molecule has 0 fully saturated rings. The van der Waals surface area contributed by atoms with E-state index in [4.69, 9.17) is 15.6 Å².